The van der Waals surface area contributed by atoms with E-state index >= 15 is 0 Å². The largest absolute Gasteiger partial charge is 0.494 e. The van der Waals surface area contributed by atoms with Crippen LogP contribution >= 0.6 is 0 Å². The molecule has 218 valence electrons. The summed E-state index contributed by atoms with van der Waals surface area (Å²) in [6.07, 6.45) is 2.98. The lowest BCUT2D eigenvalue weighted by Gasteiger charge is -2.35. The molecule has 9 heteroatoms. The molecule has 0 aliphatic carbocycles. The van der Waals surface area contributed by atoms with E-state index < -0.39 is 11.7 Å². The highest BCUT2D eigenvalue weighted by molar-refractivity contribution is 5.98. The molecule has 1 aliphatic rings. The molecule has 9 nitrogen and oxygen atoms in total. The Morgan fingerprint density at radius 3 is 2.40 bits per heavy atom. The van der Waals surface area contributed by atoms with E-state index in [-0.39, 0.29) is 11.9 Å². The second-order valence-corrected chi connectivity index (χ2v) is 11.2. The van der Waals surface area contributed by atoms with Gasteiger partial charge < -0.3 is 39.0 Å². The lowest BCUT2D eigenvalue weighted by Crippen LogP contribution is -2.46. The maximum Gasteiger partial charge on any atom is 0.407 e. The predicted molar refractivity (Wildman–Crippen MR) is 159 cm³/mol. The number of amides is 1. The molecule has 1 aliphatic heterocycles. The third kappa shape index (κ3) is 6.75. The van der Waals surface area contributed by atoms with Crippen LogP contribution in [0.5, 0.6) is 17.4 Å². The van der Waals surface area contributed by atoms with Crippen LogP contribution in [-0.2, 0) is 4.74 Å². The van der Waals surface area contributed by atoms with Crippen molar-refractivity contribution in [3.05, 3.63) is 48.2 Å². The minimum atomic E-state index is -0.551. The van der Waals surface area contributed by atoms with E-state index in [4.69, 9.17) is 14.2 Å². The number of fused-ring (bicyclic) bond motifs is 1. The number of hydrogen-bond acceptors (Lipinski definition) is 7. The van der Waals surface area contributed by atoms with Crippen LogP contribution in [0.4, 0.5) is 10.5 Å². The Labute approximate surface area is 237 Å². The number of nitrogens with zero attached hydrogens (tertiary/aromatic N) is 3. The number of hydrogen-bond donors (Lipinski definition) is 2. The van der Waals surface area contributed by atoms with E-state index in [1.165, 1.54) is 0 Å². The summed E-state index contributed by atoms with van der Waals surface area (Å²) in [5, 5.41) is 16.2. The fourth-order valence-corrected chi connectivity index (χ4v) is 5.37. The van der Waals surface area contributed by atoms with Crippen LogP contribution in [0, 0.1) is 0 Å². The summed E-state index contributed by atoms with van der Waals surface area (Å²) in [7, 11) is 3.23. The summed E-state index contributed by atoms with van der Waals surface area (Å²) in [5.74, 6) is 1.50. The standard InChI is InChI=1S/C31H44N4O5/c1-7-33-16-18-34(19-17-33)26-11-8-10-23-24(26)21-35(29(23)36)25(12-9-15-32-30(37)40-31(2,3)4)22-13-14-27(38-5)28(20-22)39-6/h8,10-11,13-14,20-21,25,36H,7,9,12,15-19H2,1-6H3,(H,32,37)/t25-/m1/s1. The SMILES string of the molecule is CCN1CCN(c2cccc3c(O)n([C@H](CCCNC(=O)OC(C)(C)C)c4ccc(OC)c(OC)c4)cc23)CC1. The highest BCUT2D eigenvalue weighted by Gasteiger charge is 2.24. The molecule has 0 radical (unpaired) electrons. The van der Waals surface area contributed by atoms with Gasteiger partial charge in [0.1, 0.15) is 5.60 Å². The second kappa shape index (κ2) is 12.7. The lowest BCUT2D eigenvalue weighted by molar-refractivity contribution is 0.0526. The third-order valence-corrected chi connectivity index (χ3v) is 7.45. The molecular formula is C31H44N4O5. The summed E-state index contributed by atoms with van der Waals surface area (Å²) in [5.41, 5.74) is 1.56. The van der Waals surface area contributed by atoms with Crippen LogP contribution in [-0.4, -0.2) is 79.8 Å². The number of likely N-dealkylation sites (N-methyl/N-ethyl adjacent to an activating group) is 1. The number of carbonyl (C=O) groups is 1. The Morgan fingerprint density at radius 2 is 1.75 bits per heavy atom. The number of rotatable bonds is 10. The smallest absolute Gasteiger partial charge is 0.407 e. The number of aromatic nitrogens is 1. The zero-order valence-electron chi connectivity index (χ0n) is 24.7. The summed E-state index contributed by atoms with van der Waals surface area (Å²) >= 11 is 0. The minimum Gasteiger partial charge on any atom is -0.494 e. The third-order valence-electron chi connectivity index (χ3n) is 7.45. The molecule has 1 amide bonds. The number of nitrogens with one attached hydrogen (secondary N) is 1. The molecule has 2 aromatic carbocycles. The number of piperazine rings is 1. The van der Waals surface area contributed by atoms with Crippen LogP contribution < -0.4 is 19.7 Å². The van der Waals surface area contributed by atoms with Crippen molar-refractivity contribution in [2.75, 3.05) is 58.4 Å². The normalized spacial score (nSPS) is 15.2. The highest BCUT2D eigenvalue weighted by Crippen LogP contribution is 2.40. The molecule has 1 fully saturated rings. The fraction of sp³-hybridized carbons (Fsp3) is 0.516. The number of anilines is 1. The van der Waals surface area contributed by atoms with E-state index in [2.05, 4.69) is 34.3 Å². The molecule has 1 aromatic heterocycles. The molecule has 2 heterocycles. The molecule has 2 N–H and O–H groups in total. The second-order valence-electron chi connectivity index (χ2n) is 11.2. The molecule has 0 spiro atoms. The van der Waals surface area contributed by atoms with Crippen molar-refractivity contribution in [1.29, 1.82) is 0 Å². The first-order chi connectivity index (χ1) is 19.1. The van der Waals surface area contributed by atoms with Crippen molar-refractivity contribution in [2.45, 2.75) is 52.2 Å². The van der Waals surface area contributed by atoms with Crippen molar-refractivity contribution in [2.24, 2.45) is 0 Å². The number of alkyl carbamates (subject to hydrolysis) is 1. The Balaban J connectivity index is 1.64. The number of carbonyl (C=O) groups excluding carboxylic acids is 1. The van der Waals surface area contributed by atoms with Crippen LogP contribution in [0.15, 0.2) is 42.6 Å². The van der Waals surface area contributed by atoms with E-state index in [0.29, 0.717) is 30.9 Å². The average Bonchev–Trinajstić information content (AvgIpc) is 3.27. The lowest BCUT2D eigenvalue weighted by atomic mass is 10.0. The van der Waals surface area contributed by atoms with Crippen molar-refractivity contribution >= 4 is 22.6 Å². The molecule has 0 unspecified atom stereocenters. The van der Waals surface area contributed by atoms with Crippen LogP contribution in [0.3, 0.4) is 0 Å². The van der Waals surface area contributed by atoms with Gasteiger partial charge >= 0.3 is 6.09 Å². The van der Waals surface area contributed by atoms with Gasteiger partial charge in [-0.05, 0) is 70.0 Å². The maximum absolute atomic E-state index is 12.2. The monoisotopic (exact) mass is 552 g/mol. The van der Waals surface area contributed by atoms with E-state index in [1.54, 1.807) is 14.2 Å². The molecule has 1 atom stereocenters. The maximum atomic E-state index is 12.2. The summed E-state index contributed by atoms with van der Waals surface area (Å²) in [4.78, 5) is 17.0. The first kappa shape index (κ1) is 29.4. The van der Waals surface area contributed by atoms with Gasteiger partial charge in [-0.25, -0.2) is 4.79 Å². The quantitative estimate of drug-likeness (QED) is 0.326. The van der Waals surface area contributed by atoms with Crippen molar-refractivity contribution in [3.8, 4) is 17.4 Å². The van der Waals surface area contributed by atoms with Gasteiger partial charge in [0, 0.05) is 55.4 Å². The van der Waals surface area contributed by atoms with E-state index in [1.807, 2.05) is 55.7 Å². The number of methoxy groups -OCH3 is 2. The predicted octanol–water partition coefficient (Wildman–Crippen LogP) is 5.40. The molecule has 0 saturated carbocycles. The Bertz CT molecular complexity index is 1290. The van der Waals surface area contributed by atoms with Crippen LogP contribution in [0.25, 0.3) is 10.8 Å². The van der Waals surface area contributed by atoms with Gasteiger partial charge in [0.2, 0.25) is 0 Å². The number of ether oxygens (including phenoxy) is 3. The Kier molecular flexibility index (Phi) is 9.35. The first-order valence-corrected chi connectivity index (χ1v) is 14.1. The molecule has 3 aromatic rings. The summed E-state index contributed by atoms with van der Waals surface area (Å²) < 4.78 is 18.4. The van der Waals surface area contributed by atoms with Crippen LogP contribution in [0.1, 0.15) is 52.1 Å². The molecular weight excluding hydrogens is 508 g/mol. The zero-order valence-corrected chi connectivity index (χ0v) is 24.7. The van der Waals surface area contributed by atoms with Gasteiger partial charge in [0.05, 0.1) is 20.3 Å². The Morgan fingerprint density at radius 1 is 1.02 bits per heavy atom. The topological polar surface area (TPSA) is 88.4 Å². The van der Waals surface area contributed by atoms with E-state index in [0.717, 1.165) is 54.7 Å². The minimum absolute atomic E-state index is 0.197. The van der Waals surface area contributed by atoms with Gasteiger partial charge in [-0.1, -0.05) is 19.1 Å². The van der Waals surface area contributed by atoms with Gasteiger partial charge in [-0.2, -0.15) is 0 Å². The van der Waals surface area contributed by atoms with Gasteiger partial charge in [-0.3, -0.25) is 0 Å². The van der Waals surface area contributed by atoms with Crippen molar-refractivity contribution in [1.82, 2.24) is 14.8 Å². The average molecular weight is 553 g/mol. The van der Waals surface area contributed by atoms with Gasteiger partial charge in [0.25, 0.3) is 0 Å². The zero-order chi connectivity index (χ0) is 28.9. The number of aromatic hydroxyl groups is 1. The molecule has 40 heavy (non-hydrogen) atoms. The molecule has 4 rings (SSSR count). The van der Waals surface area contributed by atoms with Gasteiger partial charge in [0.15, 0.2) is 17.4 Å². The molecule has 1 saturated heterocycles. The molecule has 0 bridgehead atoms. The summed E-state index contributed by atoms with van der Waals surface area (Å²) in [6.45, 7) is 13.2. The highest BCUT2D eigenvalue weighted by atomic mass is 16.6. The summed E-state index contributed by atoms with van der Waals surface area (Å²) in [6, 6.07) is 11.8. The van der Waals surface area contributed by atoms with E-state index in [9.17, 15) is 9.90 Å². The van der Waals surface area contributed by atoms with Crippen molar-refractivity contribution in [3.63, 3.8) is 0 Å². The fourth-order valence-electron chi connectivity index (χ4n) is 5.37. The number of benzene rings is 2. The van der Waals surface area contributed by atoms with Crippen molar-refractivity contribution < 1.29 is 24.1 Å². The van der Waals surface area contributed by atoms with Gasteiger partial charge in [-0.15, -0.1) is 0 Å². The first-order valence-electron chi connectivity index (χ1n) is 14.1. The Hall–Kier alpha value is -3.59. The van der Waals surface area contributed by atoms with Crippen LogP contribution in [0.2, 0.25) is 0 Å².